The van der Waals surface area contributed by atoms with Crippen molar-refractivity contribution in [2.24, 2.45) is 0 Å². The summed E-state index contributed by atoms with van der Waals surface area (Å²) < 4.78 is 99.2. The van der Waals surface area contributed by atoms with Gasteiger partial charge in [0.15, 0.2) is 15.6 Å². The fraction of sp³-hybridized carbons (Fsp3) is 0.304. The summed E-state index contributed by atoms with van der Waals surface area (Å²) in [7, 11) is -8.40. The highest BCUT2D eigenvalue weighted by Gasteiger charge is 2.35. The number of rotatable bonds is 9. The van der Waals surface area contributed by atoms with Crippen molar-refractivity contribution in [2.75, 3.05) is 12.9 Å². The summed E-state index contributed by atoms with van der Waals surface area (Å²) >= 11 is 0. The number of phosphoric ester groups is 1. The lowest BCUT2D eigenvalue weighted by molar-refractivity contribution is -0.140. The van der Waals surface area contributed by atoms with Crippen molar-refractivity contribution >= 4 is 17.7 Å². The molecule has 39 heavy (non-hydrogen) atoms. The molecule has 0 aliphatic carbocycles. The van der Waals surface area contributed by atoms with E-state index in [0.29, 0.717) is 16.8 Å². The zero-order valence-corrected chi connectivity index (χ0v) is 22.3. The van der Waals surface area contributed by atoms with Crippen molar-refractivity contribution in [3.8, 4) is 22.6 Å². The molecule has 0 amide bonds. The zero-order valence-electron chi connectivity index (χ0n) is 20.6. The van der Waals surface area contributed by atoms with E-state index in [1.54, 1.807) is 0 Å². The summed E-state index contributed by atoms with van der Waals surface area (Å²) in [6, 6.07) is 7.13. The van der Waals surface area contributed by atoms with Gasteiger partial charge in [0, 0.05) is 18.2 Å². The third-order valence-electron chi connectivity index (χ3n) is 5.34. The number of nitrogens with zero attached hydrogens (tertiary/aromatic N) is 2. The van der Waals surface area contributed by atoms with Gasteiger partial charge in [0.2, 0.25) is 0 Å². The Hall–Kier alpha value is -3.10. The van der Waals surface area contributed by atoms with Crippen molar-refractivity contribution < 1.29 is 49.6 Å². The quantitative estimate of drug-likeness (QED) is 0.276. The molecule has 0 aliphatic heterocycles. The van der Waals surface area contributed by atoms with Crippen LogP contribution in [0.15, 0.2) is 58.4 Å². The highest BCUT2D eigenvalue weighted by atomic mass is 32.2. The Morgan fingerprint density at radius 2 is 1.69 bits per heavy atom. The SMILES string of the molecule is CC(C)(CCOc1c(-c2ccc(S(C)(=O)=O)cc2)cnn(-c2ccc(F)c(C(F)(F)F)c2)c1=O)OP(=O)(O)O. The molecule has 0 radical (unpaired) electrons. The van der Waals surface area contributed by atoms with Crippen LogP contribution in [0.3, 0.4) is 0 Å². The number of ether oxygens (including phenoxy) is 1. The topological polar surface area (TPSA) is 145 Å². The van der Waals surface area contributed by atoms with Crippen molar-refractivity contribution in [1.82, 2.24) is 9.78 Å². The van der Waals surface area contributed by atoms with Crippen molar-refractivity contribution in [2.45, 2.75) is 36.9 Å². The molecule has 2 aromatic carbocycles. The molecule has 10 nitrogen and oxygen atoms in total. The maximum Gasteiger partial charge on any atom is 0.470 e. The molecule has 0 aliphatic rings. The fourth-order valence-corrected chi connectivity index (χ4v) is 4.84. The summed E-state index contributed by atoms with van der Waals surface area (Å²) in [5.41, 5.74) is -4.15. The minimum atomic E-state index is -5.05. The summed E-state index contributed by atoms with van der Waals surface area (Å²) in [6.07, 6.45) is -3.09. The maximum atomic E-state index is 13.8. The van der Waals surface area contributed by atoms with Crippen molar-refractivity contribution in [1.29, 1.82) is 0 Å². The first kappa shape index (κ1) is 30.4. The van der Waals surface area contributed by atoms with Gasteiger partial charge in [-0.1, -0.05) is 12.1 Å². The number of halogens is 4. The second-order valence-corrected chi connectivity index (χ2v) is 12.2. The van der Waals surface area contributed by atoms with Gasteiger partial charge in [0.25, 0.3) is 0 Å². The van der Waals surface area contributed by atoms with E-state index in [0.717, 1.165) is 18.5 Å². The number of hydrogen-bond acceptors (Lipinski definition) is 7. The number of sulfone groups is 1. The Kier molecular flexibility index (Phi) is 8.44. The van der Waals surface area contributed by atoms with Crippen molar-refractivity contribution in [3.63, 3.8) is 0 Å². The van der Waals surface area contributed by atoms with Crippen LogP contribution in [0.1, 0.15) is 25.8 Å². The van der Waals surface area contributed by atoms with Gasteiger partial charge in [0.1, 0.15) is 5.82 Å². The Balaban J connectivity index is 2.10. The highest BCUT2D eigenvalue weighted by molar-refractivity contribution is 7.90. The molecule has 1 aromatic heterocycles. The second kappa shape index (κ2) is 10.8. The Morgan fingerprint density at radius 3 is 2.23 bits per heavy atom. The minimum absolute atomic E-state index is 0.0163. The molecule has 3 aromatic rings. The molecular weight excluding hydrogens is 571 g/mol. The van der Waals surface area contributed by atoms with Crippen LogP contribution in [-0.4, -0.2) is 46.4 Å². The molecule has 212 valence electrons. The molecule has 0 atom stereocenters. The van der Waals surface area contributed by atoms with Crippen LogP contribution in [0.5, 0.6) is 5.75 Å². The molecule has 0 bridgehead atoms. The van der Waals surface area contributed by atoms with Gasteiger partial charge in [-0.2, -0.15) is 23.0 Å². The van der Waals surface area contributed by atoms with Gasteiger partial charge in [0.05, 0.1) is 34.6 Å². The van der Waals surface area contributed by atoms with E-state index in [2.05, 4.69) is 5.10 Å². The van der Waals surface area contributed by atoms with E-state index in [1.807, 2.05) is 0 Å². The third kappa shape index (κ3) is 7.73. The van der Waals surface area contributed by atoms with Gasteiger partial charge in [-0.15, -0.1) is 0 Å². The first-order valence-electron chi connectivity index (χ1n) is 11.0. The smallest absolute Gasteiger partial charge is 0.470 e. The van der Waals surface area contributed by atoms with Gasteiger partial charge >= 0.3 is 19.6 Å². The molecule has 1 heterocycles. The van der Waals surface area contributed by atoms with Crippen molar-refractivity contribution in [3.05, 3.63) is 70.4 Å². The van der Waals surface area contributed by atoms with E-state index in [-0.39, 0.29) is 29.1 Å². The molecule has 2 N–H and O–H groups in total. The van der Waals surface area contributed by atoms with E-state index in [9.17, 15) is 35.3 Å². The number of benzene rings is 2. The average molecular weight is 594 g/mol. The zero-order chi connectivity index (χ0) is 29.4. The molecule has 0 spiro atoms. The highest BCUT2D eigenvalue weighted by Crippen LogP contribution is 2.42. The van der Waals surface area contributed by atoms with Crippen LogP contribution >= 0.6 is 7.82 Å². The molecule has 0 saturated heterocycles. The number of phosphoric acid groups is 1. The third-order valence-corrected chi connectivity index (χ3v) is 7.20. The van der Waals surface area contributed by atoms with E-state index >= 15 is 0 Å². The first-order valence-corrected chi connectivity index (χ1v) is 14.4. The first-order chi connectivity index (χ1) is 17.8. The van der Waals surface area contributed by atoms with Crippen LogP contribution in [0.4, 0.5) is 17.6 Å². The largest absolute Gasteiger partial charge is 0.487 e. The van der Waals surface area contributed by atoms with Crippen LogP contribution in [0, 0.1) is 5.82 Å². The maximum absolute atomic E-state index is 13.8. The van der Waals surface area contributed by atoms with E-state index in [1.165, 1.54) is 38.1 Å². The van der Waals surface area contributed by atoms with Gasteiger partial charge in [-0.05, 0) is 49.7 Å². The predicted molar refractivity (Wildman–Crippen MR) is 131 cm³/mol. The molecule has 3 rings (SSSR count). The Morgan fingerprint density at radius 1 is 1.08 bits per heavy atom. The summed E-state index contributed by atoms with van der Waals surface area (Å²) in [4.78, 5) is 31.5. The molecule has 16 heteroatoms. The number of aromatic nitrogens is 2. The monoisotopic (exact) mass is 594 g/mol. The predicted octanol–water partition coefficient (Wildman–Crippen LogP) is 4.12. The van der Waals surface area contributed by atoms with Crippen LogP contribution in [-0.2, 0) is 25.1 Å². The second-order valence-electron chi connectivity index (χ2n) is 9.00. The lowest BCUT2D eigenvalue weighted by Crippen LogP contribution is -2.28. The average Bonchev–Trinajstić information content (AvgIpc) is 2.77. The number of hydrogen-bond donors (Lipinski definition) is 2. The van der Waals surface area contributed by atoms with Crippen LogP contribution < -0.4 is 10.3 Å². The summed E-state index contributed by atoms with van der Waals surface area (Å²) in [5.74, 6) is -1.97. The summed E-state index contributed by atoms with van der Waals surface area (Å²) in [6.45, 7) is 2.39. The summed E-state index contributed by atoms with van der Waals surface area (Å²) in [5, 5.41) is 3.90. The fourth-order valence-electron chi connectivity index (χ4n) is 3.48. The van der Waals surface area contributed by atoms with Crippen LogP contribution in [0.2, 0.25) is 0 Å². The van der Waals surface area contributed by atoms with Crippen LogP contribution in [0.25, 0.3) is 16.8 Å². The van der Waals surface area contributed by atoms with Gasteiger partial charge < -0.3 is 14.5 Å². The molecule has 0 fully saturated rings. The van der Waals surface area contributed by atoms with Gasteiger partial charge in [-0.25, -0.2) is 17.4 Å². The minimum Gasteiger partial charge on any atom is -0.487 e. The molecule has 0 saturated carbocycles. The lowest BCUT2D eigenvalue weighted by Gasteiger charge is -2.25. The van der Waals surface area contributed by atoms with E-state index < -0.39 is 57.8 Å². The standard InChI is InChI=1S/C23H23F4N2O8PS/c1-22(2,37-38(31,32)33)10-11-36-20-17(14-4-7-16(8-5-14)39(3,34)35)13-28-29(21(20)30)15-6-9-19(24)18(12-15)23(25,26)27/h4-9,12-13H,10-11H2,1-3H3,(H2,31,32,33). The molecule has 0 unspecified atom stereocenters. The van der Waals surface area contributed by atoms with Gasteiger partial charge in [-0.3, -0.25) is 9.32 Å². The Bertz CT molecular complexity index is 1580. The normalized spacial score (nSPS) is 12.9. The Labute approximate surface area is 220 Å². The number of alkyl halides is 3. The lowest BCUT2D eigenvalue weighted by atomic mass is 10.1. The van der Waals surface area contributed by atoms with E-state index in [4.69, 9.17) is 19.0 Å². The molecular formula is C23H23F4N2O8PS.